The Morgan fingerprint density at radius 1 is 1.39 bits per heavy atom. The molecule has 1 heterocycles. The number of rotatable bonds is 4. The number of sulfonamides is 1. The van der Waals surface area contributed by atoms with Gasteiger partial charge in [0, 0.05) is 23.9 Å². The van der Waals surface area contributed by atoms with Gasteiger partial charge in [-0.3, -0.25) is 0 Å². The fraction of sp³-hybridized carbons (Fsp3) is 0.182. The number of hydrogen-bond acceptors (Lipinski definition) is 3. The van der Waals surface area contributed by atoms with E-state index in [2.05, 4.69) is 25.9 Å². The predicted octanol–water partition coefficient (Wildman–Crippen LogP) is 1.99. The standard InChI is InChI=1S/C11H12BrN3O2S/c1-15(8-11-13-6-7-14-11)18(16,17)10-5-3-2-4-9(10)12/h2-7H,8H2,1H3,(H,13,14). The van der Waals surface area contributed by atoms with Gasteiger partial charge in [0.05, 0.1) is 11.4 Å². The lowest BCUT2D eigenvalue weighted by Gasteiger charge is -2.16. The average Bonchev–Trinajstić information content (AvgIpc) is 2.82. The number of imidazole rings is 1. The lowest BCUT2D eigenvalue weighted by atomic mass is 10.4. The summed E-state index contributed by atoms with van der Waals surface area (Å²) in [6.07, 6.45) is 3.25. The van der Waals surface area contributed by atoms with Crippen LogP contribution >= 0.6 is 15.9 Å². The quantitative estimate of drug-likeness (QED) is 0.932. The van der Waals surface area contributed by atoms with Gasteiger partial charge >= 0.3 is 0 Å². The van der Waals surface area contributed by atoms with E-state index < -0.39 is 10.0 Å². The van der Waals surface area contributed by atoms with Crippen molar-refractivity contribution in [2.75, 3.05) is 7.05 Å². The number of nitrogens with one attached hydrogen (secondary N) is 1. The van der Waals surface area contributed by atoms with Crippen molar-refractivity contribution in [3.8, 4) is 0 Å². The monoisotopic (exact) mass is 329 g/mol. The Balaban J connectivity index is 2.29. The van der Waals surface area contributed by atoms with Crippen molar-refractivity contribution in [3.63, 3.8) is 0 Å². The van der Waals surface area contributed by atoms with Gasteiger partial charge in [-0.05, 0) is 28.1 Å². The van der Waals surface area contributed by atoms with Gasteiger partial charge in [-0.2, -0.15) is 4.31 Å². The molecule has 5 nitrogen and oxygen atoms in total. The van der Waals surface area contributed by atoms with E-state index >= 15 is 0 Å². The smallest absolute Gasteiger partial charge is 0.244 e. The number of H-pyrrole nitrogens is 1. The van der Waals surface area contributed by atoms with Gasteiger partial charge in [0.15, 0.2) is 0 Å². The summed E-state index contributed by atoms with van der Waals surface area (Å²) in [6, 6.07) is 6.74. The van der Waals surface area contributed by atoms with E-state index in [-0.39, 0.29) is 11.4 Å². The topological polar surface area (TPSA) is 66.1 Å². The molecular weight excluding hydrogens is 318 g/mol. The average molecular weight is 330 g/mol. The first kappa shape index (κ1) is 13.3. The second kappa shape index (κ2) is 5.21. The van der Waals surface area contributed by atoms with Gasteiger partial charge in [0.2, 0.25) is 10.0 Å². The fourth-order valence-electron chi connectivity index (χ4n) is 1.50. The summed E-state index contributed by atoms with van der Waals surface area (Å²) in [7, 11) is -1.99. The van der Waals surface area contributed by atoms with E-state index in [1.54, 1.807) is 36.7 Å². The number of aromatic nitrogens is 2. The normalized spacial score (nSPS) is 11.9. The number of nitrogens with zero attached hydrogens (tertiary/aromatic N) is 2. The van der Waals surface area contributed by atoms with Crippen LogP contribution in [0.2, 0.25) is 0 Å². The van der Waals surface area contributed by atoms with E-state index in [0.717, 1.165) is 0 Å². The highest BCUT2D eigenvalue weighted by Crippen LogP contribution is 2.24. The molecule has 1 N–H and O–H groups in total. The first-order valence-corrected chi connectivity index (χ1v) is 7.44. The zero-order valence-corrected chi connectivity index (χ0v) is 12.1. The molecule has 2 rings (SSSR count). The number of hydrogen-bond donors (Lipinski definition) is 1. The second-order valence-electron chi connectivity index (χ2n) is 3.73. The molecule has 1 aromatic heterocycles. The van der Waals surface area contributed by atoms with Gasteiger partial charge in [0.1, 0.15) is 5.82 Å². The molecule has 0 fully saturated rings. The molecule has 2 aromatic rings. The first-order valence-electron chi connectivity index (χ1n) is 5.21. The summed E-state index contributed by atoms with van der Waals surface area (Å²) < 4.78 is 26.5. The Bertz CT molecular complexity index is 625. The van der Waals surface area contributed by atoms with Crippen LogP contribution in [0, 0.1) is 0 Å². The molecule has 18 heavy (non-hydrogen) atoms. The minimum absolute atomic E-state index is 0.205. The Morgan fingerprint density at radius 3 is 2.72 bits per heavy atom. The number of benzene rings is 1. The Kier molecular flexibility index (Phi) is 3.84. The fourth-order valence-corrected chi connectivity index (χ4v) is 3.59. The van der Waals surface area contributed by atoms with Crippen LogP contribution in [0.25, 0.3) is 0 Å². The van der Waals surface area contributed by atoms with Crippen LogP contribution in [-0.2, 0) is 16.6 Å². The molecule has 7 heteroatoms. The molecule has 96 valence electrons. The summed E-state index contributed by atoms with van der Waals surface area (Å²) in [5.41, 5.74) is 0. The van der Waals surface area contributed by atoms with Crippen LogP contribution in [0.4, 0.5) is 0 Å². The molecule has 0 aliphatic carbocycles. The summed E-state index contributed by atoms with van der Waals surface area (Å²) in [5.74, 6) is 0.605. The highest BCUT2D eigenvalue weighted by molar-refractivity contribution is 9.10. The molecule has 0 aliphatic heterocycles. The summed E-state index contributed by atoms with van der Waals surface area (Å²) in [6.45, 7) is 0.205. The summed E-state index contributed by atoms with van der Waals surface area (Å²) in [4.78, 5) is 7.14. The third-order valence-electron chi connectivity index (χ3n) is 2.45. The van der Waals surface area contributed by atoms with E-state index in [9.17, 15) is 8.42 Å². The zero-order valence-electron chi connectivity index (χ0n) is 9.67. The Labute approximate surface area is 114 Å². The molecule has 0 aliphatic rings. The van der Waals surface area contributed by atoms with Crippen molar-refractivity contribution in [3.05, 3.63) is 47.0 Å². The molecule has 0 bridgehead atoms. The first-order chi connectivity index (χ1) is 8.51. The van der Waals surface area contributed by atoms with Gasteiger partial charge < -0.3 is 4.98 Å². The molecule has 0 unspecified atom stereocenters. The van der Waals surface area contributed by atoms with E-state index in [1.807, 2.05) is 0 Å². The molecule has 0 atom stereocenters. The molecule has 0 spiro atoms. The lowest BCUT2D eigenvalue weighted by Crippen LogP contribution is -2.27. The minimum atomic E-state index is -3.52. The molecule has 0 saturated heterocycles. The maximum Gasteiger partial charge on any atom is 0.244 e. The summed E-state index contributed by atoms with van der Waals surface area (Å²) >= 11 is 3.25. The maximum atomic E-state index is 12.3. The van der Waals surface area contributed by atoms with Gasteiger partial charge in [-0.15, -0.1) is 0 Å². The SMILES string of the molecule is CN(Cc1ncc[nH]1)S(=O)(=O)c1ccccc1Br. The van der Waals surface area contributed by atoms with E-state index in [1.165, 1.54) is 11.4 Å². The van der Waals surface area contributed by atoms with Crippen LogP contribution in [0.15, 0.2) is 46.0 Å². The lowest BCUT2D eigenvalue weighted by molar-refractivity contribution is 0.458. The van der Waals surface area contributed by atoms with Crippen molar-refractivity contribution < 1.29 is 8.42 Å². The zero-order chi connectivity index (χ0) is 13.2. The van der Waals surface area contributed by atoms with Crippen molar-refractivity contribution in [1.29, 1.82) is 0 Å². The van der Waals surface area contributed by atoms with Crippen molar-refractivity contribution in [2.45, 2.75) is 11.4 Å². The van der Waals surface area contributed by atoms with Gasteiger partial charge in [-0.25, -0.2) is 13.4 Å². The van der Waals surface area contributed by atoms with Crippen LogP contribution in [0.1, 0.15) is 5.82 Å². The largest absolute Gasteiger partial charge is 0.347 e. The Morgan fingerprint density at radius 2 is 2.11 bits per heavy atom. The third-order valence-corrected chi connectivity index (χ3v) is 5.27. The van der Waals surface area contributed by atoms with Crippen LogP contribution in [0.3, 0.4) is 0 Å². The third kappa shape index (κ3) is 2.63. The molecule has 0 radical (unpaired) electrons. The van der Waals surface area contributed by atoms with E-state index in [4.69, 9.17) is 0 Å². The predicted molar refractivity (Wildman–Crippen MR) is 71.4 cm³/mol. The molecule has 0 saturated carbocycles. The number of halogens is 1. The summed E-state index contributed by atoms with van der Waals surface area (Å²) in [5, 5.41) is 0. The highest BCUT2D eigenvalue weighted by Gasteiger charge is 2.23. The van der Waals surface area contributed by atoms with Crippen molar-refractivity contribution >= 4 is 26.0 Å². The van der Waals surface area contributed by atoms with Crippen molar-refractivity contribution in [2.24, 2.45) is 0 Å². The molecular formula is C11H12BrN3O2S. The maximum absolute atomic E-state index is 12.3. The van der Waals surface area contributed by atoms with Gasteiger partial charge in [-0.1, -0.05) is 12.1 Å². The van der Waals surface area contributed by atoms with Gasteiger partial charge in [0.25, 0.3) is 0 Å². The second-order valence-corrected chi connectivity index (χ2v) is 6.60. The van der Waals surface area contributed by atoms with Crippen molar-refractivity contribution in [1.82, 2.24) is 14.3 Å². The number of aromatic amines is 1. The highest BCUT2D eigenvalue weighted by atomic mass is 79.9. The molecule has 1 aromatic carbocycles. The van der Waals surface area contributed by atoms with Crippen LogP contribution in [0.5, 0.6) is 0 Å². The van der Waals surface area contributed by atoms with E-state index in [0.29, 0.717) is 10.3 Å². The Hall–Kier alpha value is -1.18. The minimum Gasteiger partial charge on any atom is -0.347 e. The molecule has 0 amide bonds. The van der Waals surface area contributed by atoms with Crippen LogP contribution in [-0.4, -0.2) is 29.7 Å². The van der Waals surface area contributed by atoms with Crippen LogP contribution < -0.4 is 0 Å².